The Morgan fingerprint density at radius 1 is 1.15 bits per heavy atom. The first-order chi connectivity index (χ1) is 19.1. The molecule has 14 heteroatoms. The van der Waals surface area contributed by atoms with Crippen LogP contribution in [0, 0.1) is 17.6 Å². The lowest BCUT2D eigenvalue weighted by Crippen LogP contribution is -2.36. The van der Waals surface area contributed by atoms with E-state index in [0.29, 0.717) is 24.7 Å². The Morgan fingerprint density at radius 2 is 1.85 bits per heavy atom. The second kappa shape index (κ2) is 10.7. The van der Waals surface area contributed by atoms with Gasteiger partial charge in [0.15, 0.2) is 0 Å². The van der Waals surface area contributed by atoms with Gasteiger partial charge < -0.3 is 24.4 Å². The van der Waals surface area contributed by atoms with Gasteiger partial charge in [0.1, 0.15) is 28.8 Å². The zero-order valence-electron chi connectivity index (χ0n) is 21.0. The number of benzene rings is 2. The summed E-state index contributed by atoms with van der Waals surface area (Å²) in [6.45, 7) is 0.562. The second-order valence-electron chi connectivity index (χ2n) is 9.21. The Balaban J connectivity index is 1.41. The van der Waals surface area contributed by atoms with Gasteiger partial charge in [-0.05, 0) is 24.3 Å². The fraction of sp³-hybridized carbons (Fsp3) is 0.346. The number of aryl methyl sites for hydroxylation is 1. The number of fused-ring (bicyclic) bond motifs is 1. The number of halogens is 5. The smallest absolute Gasteiger partial charge is 0.497 e. The third-order valence-electron chi connectivity index (χ3n) is 6.76. The topological polar surface area (TPSA) is 94.9 Å². The van der Waals surface area contributed by atoms with Crippen LogP contribution in [0.2, 0.25) is 0 Å². The number of rotatable bonds is 7. The Morgan fingerprint density at radius 3 is 2.50 bits per heavy atom. The van der Waals surface area contributed by atoms with Crippen molar-refractivity contribution < 1.29 is 45.8 Å². The van der Waals surface area contributed by atoms with Gasteiger partial charge in [-0.1, -0.05) is 0 Å². The summed E-state index contributed by atoms with van der Waals surface area (Å²) in [4.78, 5) is 27.7. The number of carbonyl (C=O) groups is 2. The monoisotopic (exact) mass is 566 g/mol. The van der Waals surface area contributed by atoms with E-state index in [1.807, 2.05) is 0 Å². The number of carbonyl (C=O) groups excluding carboxylic acids is 2. The van der Waals surface area contributed by atoms with Crippen molar-refractivity contribution in [3.63, 3.8) is 0 Å². The van der Waals surface area contributed by atoms with Gasteiger partial charge in [0, 0.05) is 55.2 Å². The summed E-state index contributed by atoms with van der Waals surface area (Å²) in [5.74, 6) is -5.34. The van der Waals surface area contributed by atoms with Gasteiger partial charge in [-0.15, -0.1) is 13.2 Å². The van der Waals surface area contributed by atoms with Gasteiger partial charge in [-0.2, -0.15) is 5.10 Å². The van der Waals surface area contributed by atoms with E-state index in [-0.39, 0.29) is 30.0 Å². The van der Waals surface area contributed by atoms with Gasteiger partial charge in [0.25, 0.3) is 5.91 Å². The predicted octanol–water partition coefficient (Wildman–Crippen LogP) is 4.03. The number of alkyl halides is 3. The van der Waals surface area contributed by atoms with E-state index in [1.165, 1.54) is 18.2 Å². The van der Waals surface area contributed by atoms with Gasteiger partial charge in [-0.3, -0.25) is 9.59 Å². The maximum absolute atomic E-state index is 15.1. The van der Waals surface area contributed by atoms with Crippen LogP contribution in [0.4, 0.5) is 27.6 Å². The van der Waals surface area contributed by atoms with Crippen molar-refractivity contribution in [3.05, 3.63) is 65.4 Å². The number of hydrogen-bond donors (Lipinski definition) is 1. The van der Waals surface area contributed by atoms with Gasteiger partial charge >= 0.3 is 6.36 Å². The largest absolute Gasteiger partial charge is 0.573 e. The van der Waals surface area contributed by atoms with Crippen LogP contribution in [0.1, 0.15) is 28.3 Å². The van der Waals surface area contributed by atoms with E-state index in [1.54, 1.807) is 4.68 Å². The van der Waals surface area contributed by atoms with Crippen LogP contribution < -0.4 is 24.4 Å². The minimum absolute atomic E-state index is 0.00529. The summed E-state index contributed by atoms with van der Waals surface area (Å²) in [7, 11) is 1.26. The first-order valence-corrected chi connectivity index (χ1v) is 12.2. The van der Waals surface area contributed by atoms with Crippen molar-refractivity contribution in [1.82, 2.24) is 15.1 Å². The Labute approximate surface area is 224 Å². The molecule has 2 aliphatic heterocycles. The molecule has 3 aromatic rings. The number of aromatic nitrogens is 2. The van der Waals surface area contributed by atoms with Crippen LogP contribution in [0.5, 0.6) is 17.4 Å². The van der Waals surface area contributed by atoms with Gasteiger partial charge in [0.2, 0.25) is 11.8 Å². The number of nitrogens with one attached hydrogen (secondary N) is 1. The summed E-state index contributed by atoms with van der Waals surface area (Å²) in [5.41, 5.74) is -0.00102. The number of ether oxygens (including phenoxy) is 3. The van der Waals surface area contributed by atoms with Crippen molar-refractivity contribution in [2.75, 3.05) is 31.7 Å². The van der Waals surface area contributed by atoms with Crippen molar-refractivity contribution in [2.24, 2.45) is 5.92 Å². The van der Waals surface area contributed by atoms with E-state index in [4.69, 9.17) is 9.47 Å². The standard InChI is InChI=1S/C26H23F5N4O5/c1-38-16-9-19(27)22(20(28)10-16)18-13-34(21-12-33-35-7-2-8-39-25(21)35)24(37)17(18)11-32-23(36)14-3-5-15(6-4-14)40-26(29,30)31/h3-6,9-10,12,17-18H,2,7-8,11,13H2,1H3,(H,32,36)/t17?,18-/m1/s1. The van der Waals surface area contributed by atoms with Crippen molar-refractivity contribution in [2.45, 2.75) is 25.2 Å². The molecule has 1 fully saturated rings. The number of nitrogens with zero attached hydrogens (tertiary/aromatic N) is 3. The molecule has 0 bridgehead atoms. The highest BCUT2D eigenvalue weighted by Gasteiger charge is 2.46. The molecule has 1 saturated heterocycles. The van der Waals surface area contributed by atoms with Crippen molar-refractivity contribution in [3.8, 4) is 17.4 Å². The van der Waals surface area contributed by atoms with Gasteiger partial charge in [-0.25, -0.2) is 13.5 Å². The average Bonchev–Trinajstić information content (AvgIpc) is 3.47. The van der Waals surface area contributed by atoms with E-state index in [0.717, 1.165) is 42.8 Å². The van der Waals surface area contributed by atoms with Crippen LogP contribution in [-0.4, -0.2) is 54.8 Å². The molecule has 3 heterocycles. The Hall–Kier alpha value is -4.36. The highest BCUT2D eigenvalue weighted by molar-refractivity contribution is 6.00. The maximum Gasteiger partial charge on any atom is 0.573 e. The predicted molar refractivity (Wildman–Crippen MR) is 129 cm³/mol. The third kappa shape index (κ3) is 5.38. The lowest BCUT2D eigenvalue weighted by molar-refractivity contribution is -0.274. The van der Waals surface area contributed by atoms with Crippen LogP contribution in [0.25, 0.3) is 0 Å². The second-order valence-corrected chi connectivity index (χ2v) is 9.21. The lowest BCUT2D eigenvalue weighted by atomic mass is 9.87. The van der Waals surface area contributed by atoms with E-state index in [9.17, 15) is 22.8 Å². The molecule has 1 aromatic heterocycles. The fourth-order valence-corrected chi connectivity index (χ4v) is 4.91. The summed E-state index contributed by atoms with van der Waals surface area (Å²) < 4.78 is 83.6. The zero-order valence-corrected chi connectivity index (χ0v) is 21.0. The molecule has 0 spiro atoms. The minimum Gasteiger partial charge on any atom is -0.497 e. The molecule has 2 amide bonds. The summed E-state index contributed by atoms with van der Waals surface area (Å²) in [5, 5.41) is 6.80. The SMILES string of the molecule is COc1cc(F)c([C@@H]2CN(c3cnn4c3OCCC4)C(=O)C2CNC(=O)c2ccc(OC(F)(F)F)cc2)c(F)c1. The molecule has 212 valence electrons. The average molecular weight is 566 g/mol. The minimum atomic E-state index is -4.89. The molecule has 0 aliphatic carbocycles. The molecule has 1 unspecified atom stereocenters. The fourth-order valence-electron chi connectivity index (χ4n) is 4.91. The lowest BCUT2D eigenvalue weighted by Gasteiger charge is -2.20. The zero-order chi connectivity index (χ0) is 28.6. The molecule has 0 radical (unpaired) electrons. The molecule has 40 heavy (non-hydrogen) atoms. The molecular weight excluding hydrogens is 543 g/mol. The van der Waals surface area contributed by atoms with Crippen LogP contribution in [-0.2, 0) is 11.3 Å². The van der Waals surface area contributed by atoms with Gasteiger partial charge in [0.05, 0.1) is 25.8 Å². The molecule has 9 nitrogen and oxygen atoms in total. The normalized spacial score (nSPS) is 18.8. The summed E-state index contributed by atoms with van der Waals surface area (Å²) in [6, 6.07) is 6.21. The van der Waals surface area contributed by atoms with Crippen LogP contribution >= 0.6 is 0 Å². The Bertz CT molecular complexity index is 1400. The first-order valence-electron chi connectivity index (χ1n) is 12.2. The summed E-state index contributed by atoms with van der Waals surface area (Å²) in [6.07, 6.45) is -2.72. The summed E-state index contributed by atoms with van der Waals surface area (Å²) >= 11 is 0. The number of methoxy groups -OCH3 is 1. The molecular formula is C26H23F5N4O5. The van der Waals surface area contributed by atoms with Crippen molar-refractivity contribution in [1.29, 1.82) is 0 Å². The highest BCUT2D eigenvalue weighted by Crippen LogP contribution is 2.42. The molecule has 1 N–H and O–H groups in total. The maximum atomic E-state index is 15.1. The first kappa shape index (κ1) is 27.2. The molecule has 2 aliphatic rings. The molecule has 2 atom stereocenters. The third-order valence-corrected chi connectivity index (χ3v) is 6.76. The number of amides is 2. The van der Waals surface area contributed by atoms with Crippen LogP contribution in [0.15, 0.2) is 42.6 Å². The van der Waals surface area contributed by atoms with E-state index in [2.05, 4.69) is 15.2 Å². The molecule has 2 aromatic carbocycles. The highest BCUT2D eigenvalue weighted by atomic mass is 19.4. The van der Waals surface area contributed by atoms with E-state index >= 15 is 8.78 Å². The molecule has 5 rings (SSSR count). The number of hydrogen-bond acceptors (Lipinski definition) is 6. The number of anilines is 1. The Kier molecular flexibility index (Phi) is 7.25. The van der Waals surface area contributed by atoms with E-state index < -0.39 is 47.4 Å². The van der Waals surface area contributed by atoms with Crippen molar-refractivity contribution >= 4 is 17.5 Å². The quantitative estimate of drug-likeness (QED) is 0.434. The molecule has 0 saturated carbocycles. The van der Waals surface area contributed by atoms with Crippen LogP contribution in [0.3, 0.4) is 0 Å².